The van der Waals surface area contributed by atoms with E-state index in [4.69, 9.17) is 11.6 Å². The number of rotatable bonds is 2. The molecular weight excluding hydrogens is 189 g/mol. The number of allylic oxidation sites excluding steroid dienone is 5. The number of halogens is 4. The van der Waals surface area contributed by atoms with Crippen LogP contribution in [0.4, 0.5) is 13.2 Å². The first-order chi connectivity index (χ1) is 5.38. The third-order valence-corrected chi connectivity index (χ3v) is 1.21. The Balaban J connectivity index is 4.53. The van der Waals surface area contributed by atoms with Gasteiger partial charge in [-0.15, -0.1) is 0 Å². The Morgan fingerprint density at radius 3 is 2.08 bits per heavy atom. The molecule has 0 fully saturated rings. The third-order valence-electron chi connectivity index (χ3n) is 1.08. The summed E-state index contributed by atoms with van der Waals surface area (Å²) in [6.45, 7) is 4.54. The molecule has 0 unspecified atom stereocenters. The SMILES string of the molecule is C=C(Cl)/C=C\C(=C/C)C(F)(F)F. The Morgan fingerprint density at radius 2 is 1.83 bits per heavy atom. The zero-order valence-electron chi connectivity index (χ0n) is 6.45. The fraction of sp³-hybridized carbons (Fsp3) is 0.250. The lowest BCUT2D eigenvalue weighted by Crippen LogP contribution is -2.09. The van der Waals surface area contributed by atoms with Crippen LogP contribution in [0.1, 0.15) is 6.92 Å². The minimum Gasteiger partial charge on any atom is -0.166 e. The molecular formula is C8H8ClF3. The summed E-state index contributed by atoms with van der Waals surface area (Å²) in [5.74, 6) is 0. The minimum atomic E-state index is -4.32. The highest BCUT2D eigenvalue weighted by Crippen LogP contribution is 2.26. The van der Waals surface area contributed by atoms with Crippen LogP contribution >= 0.6 is 11.6 Å². The molecule has 4 heteroatoms. The number of hydrogen-bond donors (Lipinski definition) is 0. The third kappa shape index (κ3) is 4.23. The smallest absolute Gasteiger partial charge is 0.166 e. The van der Waals surface area contributed by atoms with Gasteiger partial charge in [0, 0.05) is 5.03 Å². The monoisotopic (exact) mass is 196 g/mol. The van der Waals surface area contributed by atoms with E-state index in [1.165, 1.54) is 6.92 Å². The van der Waals surface area contributed by atoms with Gasteiger partial charge >= 0.3 is 6.18 Å². The van der Waals surface area contributed by atoms with E-state index in [-0.39, 0.29) is 5.03 Å². The van der Waals surface area contributed by atoms with Crippen molar-refractivity contribution in [1.82, 2.24) is 0 Å². The maximum absolute atomic E-state index is 12.0. The summed E-state index contributed by atoms with van der Waals surface area (Å²) >= 11 is 5.25. The molecule has 0 aromatic heterocycles. The molecule has 0 amide bonds. The Hall–Kier alpha value is -0.700. The first kappa shape index (κ1) is 11.3. The molecule has 0 aromatic carbocycles. The van der Waals surface area contributed by atoms with E-state index in [2.05, 4.69) is 6.58 Å². The molecule has 0 nitrogen and oxygen atoms in total. The van der Waals surface area contributed by atoms with Crippen molar-refractivity contribution in [2.75, 3.05) is 0 Å². The molecule has 0 radical (unpaired) electrons. The second-order valence-electron chi connectivity index (χ2n) is 2.02. The lowest BCUT2D eigenvalue weighted by atomic mass is 10.2. The van der Waals surface area contributed by atoms with Crippen LogP contribution in [0.2, 0.25) is 0 Å². The Morgan fingerprint density at radius 1 is 1.33 bits per heavy atom. The van der Waals surface area contributed by atoms with Gasteiger partial charge in [-0.05, 0) is 19.1 Å². The molecule has 0 aliphatic heterocycles. The van der Waals surface area contributed by atoms with Crippen molar-refractivity contribution in [3.05, 3.63) is 35.4 Å². The van der Waals surface area contributed by atoms with Gasteiger partial charge in [0.05, 0.1) is 5.57 Å². The summed E-state index contributed by atoms with van der Waals surface area (Å²) in [4.78, 5) is 0. The van der Waals surface area contributed by atoms with E-state index >= 15 is 0 Å². The molecule has 0 atom stereocenters. The van der Waals surface area contributed by atoms with Gasteiger partial charge in [0.15, 0.2) is 0 Å². The summed E-state index contributed by atoms with van der Waals surface area (Å²) in [5, 5.41) is 0.0681. The van der Waals surface area contributed by atoms with Crippen LogP contribution in [0.5, 0.6) is 0 Å². The molecule has 0 spiro atoms. The van der Waals surface area contributed by atoms with Gasteiger partial charge in [-0.1, -0.05) is 24.3 Å². The van der Waals surface area contributed by atoms with Crippen molar-refractivity contribution < 1.29 is 13.2 Å². The van der Waals surface area contributed by atoms with E-state index in [0.717, 1.165) is 18.2 Å². The summed E-state index contributed by atoms with van der Waals surface area (Å²) in [6, 6.07) is 0. The lowest BCUT2D eigenvalue weighted by Gasteiger charge is -2.05. The van der Waals surface area contributed by atoms with E-state index in [1.807, 2.05) is 0 Å². The molecule has 0 bridgehead atoms. The highest BCUT2D eigenvalue weighted by Gasteiger charge is 2.30. The predicted molar refractivity (Wildman–Crippen MR) is 43.9 cm³/mol. The van der Waals surface area contributed by atoms with E-state index in [9.17, 15) is 13.2 Å². The van der Waals surface area contributed by atoms with E-state index in [1.54, 1.807) is 0 Å². The second kappa shape index (κ2) is 4.36. The Kier molecular flexibility index (Phi) is 4.10. The first-order valence-corrected chi connectivity index (χ1v) is 3.51. The quantitative estimate of drug-likeness (QED) is 0.590. The highest BCUT2D eigenvalue weighted by atomic mass is 35.5. The predicted octanol–water partition coefficient (Wildman–Crippen LogP) is 3.80. The van der Waals surface area contributed by atoms with Crippen LogP contribution in [-0.4, -0.2) is 6.18 Å². The van der Waals surface area contributed by atoms with Gasteiger partial charge in [-0.2, -0.15) is 13.2 Å². The molecule has 0 saturated carbocycles. The standard InChI is InChI=1S/C8H8ClF3/c1-3-7(8(10,11)12)5-4-6(2)9/h3-5H,2H2,1H3/b5-4-,7-3+. The van der Waals surface area contributed by atoms with Crippen molar-refractivity contribution in [2.24, 2.45) is 0 Å². The van der Waals surface area contributed by atoms with Gasteiger partial charge in [-0.3, -0.25) is 0 Å². The molecule has 12 heavy (non-hydrogen) atoms. The minimum absolute atomic E-state index is 0.0681. The van der Waals surface area contributed by atoms with Crippen molar-refractivity contribution in [3.8, 4) is 0 Å². The molecule has 0 heterocycles. The van der Waals surface area contributed by atoms with Gasteiger partial charge in [-0.25, -0.2) is 0 Å². The van der Waals surface area contributed by atoms with Crippen LogP contribution in [0, 0.1) is 0 Å². The zero-order valence-corrected chi connectivity index (χ0v) is 7.21. The van der Waals surface area contributed by atoms with Crippen molar-refractivity contribution in [3.63, 3.8) is 0 Å². The number of hydrogen-bond acceptors (Lipinski definition) is 0. The van der Waals surface area contributed by atoms with E-state index < -0.39 is 11.7 Å². The lowest BCUT2D eigenvalue weighted by molar-refractivity contribution is -0.0883. The van der Waals surface area contributed by atoms with Crippen LogP contribution in [0.25, 0.3) is 0 Å². The fourth-order valence-electron chi connectivity index (χ4n) is 0.535. The Bertz CT molecular complexity index is 223. The Labute approximate surface area is 74.0 Å². The van der Waals surface area contributed by atoms with Crippen LogP contribution in [0.15, 0.2) is 35.4 Å². The van der Waals surface area contributed by atoms with Crippen LogP contribution < -0.4 is 0 Å². The molecule has 0 aliphatic rings. The van der Waals surface area contributed by atoms with Crippen LogP contribution in [-0.2, 0) is 0 Å². The molecule has 0 saturated heterocycles. The second-order valence-corrected chi connectivity index (χ2v) is 2.51. The van der Waals surface area contributed by atoms with Crippen LogP contribution in [0.3, 0.4) is 0 Å². The van der Waals surface area contributed by atoms with Crippen molar-refractivity contribution in [1.29, 1.82) is 0 Å². The topological polar surface area (TPSA) is 0 Å². The maximum Gasteiger partial charge on any atom is 0.416 e. The number of alkyl halides is 3. The van der Waals surface area contributed by atoms with Gasteiger partial charge in [0.1, 0.15) is 0 Å². The molecule has 0 aliphatic carbocycles. The summed E-state index contributed by atoms with van der Waals surface area (Å²) in [5.41, 5.74) is -0.732. The van der Waals surface area contributed by atoms with E-state index in [0.29, 0.717) is 0 Å². The summed E-state index contributed by atoms with van der Waals surface area (Å²) in [6.07, 6.45) is -1.37. The summed E-state index contributed by atoms with van der Waals surface area (Å²) < 4.78 is 35.9. The van der Waals surface area contributed by atoms with Gasteiger partial charge in [0.25, 0.3) is 0 Å². The highest BCUT2D eigenvalue weighted by molar-refractivity contribution is 6.30. The summed E-state index contributed by atoms with van der Waals surface area (Å²) in [7, 11) is 0. The largest absolute Gasteiger partial charge is 0.416 e. The maximum atomic E-state index is 12.0. The van der Waals surface area contributed by atoms with Gasteiger partial charge < -0.3 is 0 Å². The first-order valence-electron chi connectivity index (χ1n) is 3.14. The molecule has 0 N–H and O–H groups in total. The van der Waals surface area contributed by atoms with Crippen molar-refractivity contribution >= 4 is 11.6 Å². The fourth-order valence-corrected chi connectivity index (χ4v) is 0.598. The average Bonchev–Trinajstić information content (AvgIpc) is 1.85. The molecule has 0 rings (SSSR count). The van der Waals surface area contributed by atoms with Gasteiger partial charge in [0.2, 0.25) is 0 Å². The molecule has 68 valence electrons. The average molecular weight is 197 g/mol. The normalized spacial score (nSPS) is 13.9. The molecule has 0 aromatic rings. The van der Waals surface area contributed by atoms with Crippen molar-refractivity contribution in [2.45, 2.75) is 13.1 Å². The zero-order chi connectivity index (χ0) is 9.78.